The zero-order valence-corrected chi connectivity index (χ0v) is 12.5. The molecule has 3 heteroatoms. The minimum absolute atomic E-state index is 0.0691. The SMILES string of the molecule is COCCCNC(=O)Cc1ccc(C(C)(C)C)cc1. The van der Waals surface area contributed by atoms with Crippen molar-refractivity contribution >= 4 is 5.91 Å². The molecule has 0 bridgehead atoms. The Morgan fingerprint density at radius 3 is 2.37 bits per heavy atom. The fraction of sp³-hybridized carbons (Fsp3) is 0.562. The van der Waals surface area contributed by atoms with E-state index in [0.717, 1.165) is 12.0 Å². The zero-order chi connectivity index (χ0) is 14.3. The summed E-state index contributed by atoms with van der Waals surface area (Å²) in [6.07, 6.45) is 1.29. The van der Waals surface area contributed by atoms with Crippen molar-refractivity contribution in [2.24, 2.45) is 0 Å². The molecule has 0 radical (unpaired) electrons. The van der Waals surface area contributed by atoms with Crippen LogP contribution in [-0.2, 0) is 21.4 Å². The summed E-state index contributed by atoms with van der Waals surface area (Å²) in [5.74, 6) is 0.0691. The third-order valence-corrected chi connectivity index (χ3v) is 3.03. The van der Waals surface area contributed by atoms with Gasteiger partial charge >= 0.3 is 0 Å². The highest BCUT2D eigenvalue weighted by molar-refractivity contribution is 5.78. The molecule has 0 aromatic heterocycles. The van der Waals surface area contributed by atoms with Gasteiger partial charge in [0.15, 0.2) is 0 Å². The van der Waals surface area contributed by atoms with Crippen molar-refractivity contribution in [2.75, 3.05) is 20.3 Å². The monoisotopic (exact) mass is 263 g/mol. The molecule has 0 aliphatic heterocycles. The van der Waals surface area contributed by atoms with Gasteiger partial charge in [0.1, 0.15) is 0 Å². The van der Waals surface area contributed by atoms with Crippen molar-refractivity contribution in [3.63, 3.8) is 0 Å². The van der Waals surface area contributed by atoms with E-state index in [1.165, 1.54) is 5.56 Å². The lowest BCUT2D eigenvalue weighted by molar-refractivity contribution is -0.120. The predicted molar refractivity (Wildman–Crippen MR) is 78.3 cm³/mol. The molecule has 1 rings (SSSR count). The van der Waals surface area contributed by atoms with Crippen molar-refractivity contribution < 1.29 is 9.53 Å². The molecular weight excluding hydrogens is 238 g/mol. The van der Waals surface area contributed by atoms with E-state index in [4.69, 9.17) is 4.74 Å². The average molecular weight is 263 g/mol. The summed E-state index contributed by atoms with van der Waals surface area (Å²) >= 11 is 0. The van der Waals surface area contributed by atoms with Gasteiger partial charge in [0, 0.05) is 20.3 Å². The minimum Gasteiger partial charge on any atom is -0.385 e. The van der Waals surface area contributed by atoms with Gasteiger partial charge in [-0.15, -0.1) is 0 Å². The van der Waals surface area contributed by atoms with Gasteiger partial charge in [0.05, 0.1) is 6.42 Å². The molecule has 0 saturated carbocycles. The molecule has 1 N–H and O–H groups in total. The van der Waals surface area contributed by atoms with E-state index in [9.17, 15) is 4.79 Å². The van der Waals surface area contributed by atoms with Crippen molar-refractivity contribution in [1.29, 1.82) is 0 Å². The molecule has 0 heterocycles. The van der Waals surface area contributed by atoms with Crippen LogP contribution in [0.2, 0.25) is 0 Å². The summed E-state index contributed by atoms with van der Waals surface area (Å²) < 4.78 is 4.94. The third-order valence-electron chi connectivity index (χ3n) is 3.03. The summed E-state index contributed by atoms with van der Waals surface area (Å²) in [6, 6.07) is 8.28. The molecule has 1 aromatic carbocycles. The van der Waals surface area contributed by atoms with Gasteiger partial charge in [0.25, 0.3) is 0 Å². The summed E-state index contributed by atoms with van der Waals surface area (Å²) in [5.41, 5.74) is 2.50. The van der Waals surface area contributed by atoms with Gasteiger partial charge in [-0.2, -0.15) is 0 Å². The topological polar surface area (TPSA) is 38.3 Å². The molecular formula is C16H25NO2. The van der Waals surface area contributed by atoms with E-state index >= 15 is 0 Å². The number of carbonyl (C=O) groups excluding carboxylic acids is 1. The quantitative estimate of drug-likeness (QED) is 0.801. The Kier molecular flexibility index (Phi) is 6.03. The lowest BCUT2D eigenvalue weighted by Gasteiger charge is -2.19. The fourth-order valence-corrected chi connectivity index (χ4v) is 1.81. The standard InChI is InChI=1S/C16H25NO2/c1-16(2,3)14-8-6-13(7-9-14)12-15(18)17-10-5-11-19-4/h6-9H,5,10-12H2,1-4H3,(H,17,18). The van der Waals surface area contributed by atoms with Gasteiger partial charge in [-0.25, -0.2) is 0 Å². The Labute approximate surface area is 116 Å². The van der Waals surface area contributed by atoms with Crippen LogP contribution in [0, 0.1) is 0 Å². The van der Waals surface area contributed by atoms with E-state index in [1.807, 2.05) is 12.1 Å². The Morgan fingerprint density at radius 1 is 1.21 bits per heavy atom. The molecule has 0 aliphatic rings. The van der Waals surface area contributed by atoms with E-state index in [-0.39, 0.29) is 11.3 Å². The highest BCUT2D eigenvalue weighted by atomic mass is 16.5. The second-order valence-electron chi connectivity index (χ2n) is 5.82. The second-order valence-corrected chi connectivity index (χ2v) is 5.82. The fourth-order valence-electron chi connectivity index (χ4n) is 1.81. The van der Waals surface area contributed by atoms with Crippen molar-refractivity contribution in [3.05, 3.63) is 35.4 Å². The van der Waals surface area contributed by atoms with Crippen molar-refractivity contribution in [2.45, 2.75) is 39.0 Å². The number of methoxy groups -OCH3 is 1. The van der Waals surface area contributed by atoms with Gasteiger partial charge in [-0.3, -0.25) is 4.79 Å². The first kappa shape index (κ1) is 15.7. The summed E-state index contributed by atoms with van der Waals surface area (Å²) in [4.78, 5) is 11.7. The van der Waals surface area contributed by atoms with Gasteiger partial charge < -0.3 is 10.1 Å². The van der Waals surface area contributed by atoms with Crippen LogP contribution in [-0.4, -0.2) is 26.2 Å². The molecule has 0 saturated heterocycles. The number of amides is 1. The maximum Gasteiger partial charge on any atom is 0.224 e. The van der Waals surface area contributed by atoms with Crippen LogP contribution in [0.3, 0.4) is 0 Å². The lowest BCUT2D eigenvalue weighted by atomic mass is 9.86. The van der Waals surface area contributed by atoms with E-state index in [0.29, 0.717) is 19.6 Å². The van der Waals surface area contributed by atoms with Gasteiger partial charge in [0.2, 0.25) is 5.91 Å². The number of ether oxygens (including phenoxy) is 1. The Balaban J connectivity index is 2.43. The van der Waals surface area contributed by atoms with E-state index in [2.05, 4.69) is 38.2 Å². The number of benzene rings is 1. The smallest absolute Gasteiger partial charge is 0.224 e. The normalized spacial score (nSPS) is 11.4. The number of rotatable bonds is 6. The van der Waals surface area contributed by atoms with Crippen molar-refractivity contribution in [3.8, 4) is 0 Å². The Hall–Kier alpha value is -1.35. The third kappa shape index (κ3) is 5.88. The first-order chi connectivity index (χ1) is 8.93. The number of hydrogen-bond donors (Lipinski definition) is 1. The Morgan fingerprint density at radius 2 is 1.84 bits per heavy atom. The van der Waals surface area contributed by atoms with Crippen LogP contribution in [0.4, 0.5) is 0 Å². The molecule has 0 fully saturated rings. The molecule has 106 valence electrons. The molecule has 19 heavy (non-hydrogen) atoms. The highest BCUT2D eigenvalue weighted by Gasteiger charge is 2.13. The molecule has 1 amide bonds. The maximum absolute atomic E-state index is 11.7. The van der Waals surface area contributed by atoms with Crippen LogP contribution in [0.5, 0.6) is 0 Å². The van der Waals surface area contributed by atoms with Crippen LogP contribution in [0.1, 0.15) is 38.3 Å². The van der Waals surface area contributed by atoms with E-state index in [1.54, 1.807) is 7.11 Å². The maximum atomic E-state index is 11.7. The Bertz CT molecular complexity index is 390. The summed E-state index contributed by atoms with van der Waals surface area (Å²) in [6.45, 7) is 7.91. The van der Waals surface area contributed by atoms with Crippen LogP contribution in [0.15, 0.2) is 24.3 Å². The van der Waals surface area contributed by atoms with Gasteiger partial charge in [-0.05, 0) is 23.0 Å². The summed E-state index contributed by atoms with van der Waals surface area (Å²) in [7, 11) is 1.67. The largest absolute Gasteiger partial charge is 0.385 e. The number of nitrogens with one attached hydrogen (secondary N) is 1. The predicted octanol–water partition coefficient (Wildman–Crippen LogP) is 2.68. The van der Waals surface area contributed by atoms with Crippen LogP contribution >= 0.6 is 0 Å². The summed E-state index contributed by atoms with van der Waals surface area (Å²) in [5, 5.41) is 2.89. The highest BCUT2D eigenvalue weighted by Crippen LogP contribution is 2.22. The molecule has 3 nitrogen and oxygen atoms in total. The van der Waals surface area contributed by atoms with Crippen molar-refractivity contribution in [1.82, 2.24) is 5.32 Å². The van der Waals surface area contributed by atoms with Gasteiger partial charge in [-0.1, -0.05) is 45.0 Å². The second kappa shape index (κ2) is 7.29. The lowest BCUT2D eigenvalue weighted by Crippen LogP contribution is -2.26. The van der Waals surface area contributed by atoms with E-state index < -0.39 is 0 Å². The molecule has 0 spiro atoms. The number of carbonyl (C=O) groups is 1. The first-order valence-corrected chi connectivity index (χ1v) is 6.78. The van der Waals surface area contributed by atoms with Crippen LogP contribution in [0.25, 0.3) is 0 Å². The minimum atomic E-state index is 0.0691. The molecule has 1 aromatic rings. The molecule has 0 aliphatic carbocycles. The zero-order valence-electron chi connectivity index (χ0n) is 12.5. The average Bonchev–Trinajstić information content (AvgIpc) is 2.34. The first-order valence-electron chi connectivity index (χ1n) is 6.78. The molecule has 0 unspecified atom stereocenters. The number of hydrogen-bond acceptors (Lipinski definition) is 2. The van der Waals surface area contributed by atoms with Crippen LogP contribution < -0.4 is 5.32 Å². The molecule has 0 atom stereocenters.